The largest absolute Gasteiger partial charge is 0.391 e. The first-order valence-corrected chi connectivity index (χ1v) is 7.78. The van der Waals surface area contributed by atoms with Crippen molar-refractivity contribution < 1.29 is 9.84 Å². The number of methoxy groups -OCH3 is 1. The quantitative estimate of drug-likeness (QED) is 0.747. The van der Waals surface area contributed by atoms with E-state index < -0.39 is 0 Å². The second-order valence-corrected chi connectivity index (χ2v) is 5.72. The van der Waals surface area contributed by atoms with Crippen molar-refractivity contribution in [3.05, 3.63) is 23.9 Å². The van der Waals surface area contributed by atoms with Gasteiger partial charge in [-0.15, -0.1) is 0 Å². The summed E-state index contributed by atoms with van der Waals surface area (Å²) in [5.41, 5.74) is 1.16. The van der Waals surface area contributed by atoms with E-state index in [0.717, 1.165) is 43.7 Å². The van der Waals surface area contributed by atoms with Crippen molar-refractivity contribution in [2.45, 2.75) is 44.4 Å². The first-order chi connectivity index (χ1) is 10.2. The van der Waals surface area contributed by atoms with Gasteiger partial charge in [0.2, 0.25) is 0 Å². The predicted octanol–water partition coefficient (Wildman–Crippen LogP) is 1.56. The van der Waals surface area contributed by atoms with Gasteiger partial charge in [0.1, 0.15) is 5.82 Å². The van der Waals surface area contributed by atoms with Gasteiger partial charge in [-0.25, -0.2) is 4.98 Å². The second kappa shape index (κ2) is 8.32. The molecule has 2 atom stereocenters. The second-order valence-electron chi connectivity index (χ2n) is 5.72. The smallest absolute Gasteiger partial charge is 0.128 e. The molecule has 1 aliphatic rings. The molecule has 1 aromatic rings. The van der Waals surface area contributed by atoms with E-state index in [0.29, 0.717) is 6.61 Å². The lowest BCUT2D eigenvalue weighted by molar-refractivity contribution is 0.106. The van der Waals surface area contributed by atoms with Crippen LogP contribution < -0.4 is 10.2 Å². The molecule has 21 heavy (non-hydrogen) atoms. The monoisotopic (exact) mass is 293 g/mol. The minimum absolute atomic E-state index is 0.192. The molecule has 0 radical (unpaired) electrons. The highest BCUT2D eigenvalue weighted by Crippen LogP contribution is 2.25. The molecule has 1 aliphatic carbocycles. The fraction of sp³-hybridized carbons (Fsp3) is 0.688. The van der Waals surface area contributed by atoms with E-state index in [1.165, 1.54) is 6.42 Å². The molecule has 0 spiro atoms. The van der Waals surface area contributed by atoms with Crippen LogP contribution in [-0.2, 0) is 11.3 Å². The average Bonchev–Trinajstić information content (AvgIpc) is 2.52. The molecule has 1 heterocycles. The number of rotatable bonds is 7. The van der Waals surface area contributed by atoms with Crippen LogP contribution in [0.3, 0.4) is 0 Å². The minimum atomic E-state index is -0.235. The molecule has 0 bridgehead atoms. The molecule has 0 aromatic carbocycles. The summed E-state index contributed by atoms with van der Waals surface area (Å²) in [5, 5.41) is 13.4. The Kier molecular flexibility index (Phi) is 6.42. The molecule has 2 N–H and O–H groups in total. The number of hydrogen-bond donors (Lipinski definition) is 2. The van der Waals surface area contributed by atoms with Gasteiger partial charge in [-0.1, -0.05) is 18.9 Å². The Labute approximate surface area is 127 Å². The molecular formula is C16H27N3O2. The van der Waals surface area contributed by atoms with Crippen molar-refractivity contribution in [3.63, 3.8) is 0 Å². The van der Waals surface area contributed by atoms with Gasteiger partial charge in [0.05, 0.1) is 18.8 Å². The highest BCUT2D eigenvalue weighted by atomic mass is 16.5. The molecule has 0 saturated heterocycles. The fourth-order valence-corrected chi connectivity index (χ4v) is 2.85. The normalized spacial score (nSPS) is 22.2. The Morgan fingerprint density at radius 1 is 1.38 bits per heavy atom. The molecule has 1 aromatic heterocycles. The summed E-state index contributed by atoms with van der Waals surface area (Å²) < 4.78 is 5.00. The topological polar surface area (TPSA) is 57.6 Å². The lowest BCUT2D eigenvalue weighted by Crippen LogP contribution is -2.43. The van der Waals surface area contributed by atoms with Gasteiger partial charge >= 0.3 is 0 Å². The van der Waals surface area contributed by atoms with E-state index in [9.17, 15) is 5.11 Å². The van der Waals surface area contributed by atoms with Crippen LogP contribution >= 0.6 is 0 Å². The summed E-state index contributed by atoms with van der Waals surface area (Å²) >= 11 is 0. The molecule has 2 unspecified atom stereocenters. The van der Waals surface area contributed by atoms with E-state index in [2.05, 4.69) is 21.3 Å². The summed E-state index contributed by atoms with van der Waals surface area (Å²) in [6.07, 6.45) is 5.93. The third kappa shape index (κ3) is 4.66. The van der Waals surface area contributed by atoms with Crippen molar-refractivity contribution in [1.29, 1.82) is 0 Å². The summed E-state index contributed by atoms with van der Waals surface area (Å²) in [5.74, 6) is 0.932. The highest BCUT2D eigenvalue weighted by molar-refractivity contribution is 5.40. The third-order valence-corrected chi connectivity index (χ3v) is 4.17. The van der Waals surface area contributed by atoms with Crippen LogP contribution in [0.2, 0.25) is 0 Å². The van der Waals surface area contributed by atoms with Crippen LogP contribution in [0.5, 0.6) is 0 Å². The van der Waals surface area contributed by atoms with Crippen LogP contribution in [0.25, 0.3) is 0 Å². The number of anilines is 1. The maximum atomic E-state index is 10.1. The predicted molar refractivity (Wildman–Crippen MR) is 84.5 cm³/mol. The van der Waals surface area contributed by atoms with Crippen molar-refractivity contribution in [2.24, 2.45) is 0 Å². The minimum Gasteiger partial charge on any atom is -0.391 e. The number of aliphatic hydroxyl groups is 1. The molecular weight excluding hydrogens is 266 g/mol. The zero-order valence-corrected chi connectivity index (χ0v) is 13.1. The Bertz CT molecular complexity index is 410. The van der Waals surface area contributed by atoms with Crippen molar-refractivity contribution >= 4 is 5.82 Å². The summed E-state index contributed by atoms with van der Waals surface area (Å²) in [4.78, 5) is 6.65. The number of likely N-dealkylation sites (N-methyl/N-ethyl adjacent to an activating group) is 1. The van der Waals surface area contributed by atoms with Gasteiger partial charge in [-0.05, 0) is 24.5 Å². The van der Waals surface area contributed by atoms with Gasteiger partial charge in [-0.2, -0.15) is 0 Å². The molecule has 5 heteroatoms. The number of ether oxygens (including phenoxy) is 1. The first-order valence-electron chi connectivity index (χ1n) is 7.78. The Hall–Kier alpha value is -1.17. The molecule has 118 valence electrons. The molecule has 5 nitrogen and oxygen atoms in total. The molecule has 0 amide bonds. The number of hydrogen-bond acceptors (Lipinski definition) is 5. The number of aliphatic hydroxyl groups excluding tert-OH is 1. The summed E-state index contributed by atoms with van der Waals surface area (Å²) in [7, 11) is 3.73. The number of nitrogens with zero attached hydrogens (tertiary/aromatic N) is 2. The molecule has 2 rings (SSSR count). The van der Waals surface area contributed by atoms with Gasteiger partial charge in [-0.3, -0.25) is 0 Å². The van der Waals surface area contributed by atoms with Crippen molar-refractivity contribution in [2.75, 3.05) is 32.2 Å². The van der Waals surface area contributed by atoms with Crippen LogP contribution in [0.15, 0.2) is 18.3 Å². The number of nitrogens with one attached hydrogen (secondary N) is 1. The van der Waals surface area contributed by atoms with E-state index in [4.69, 9.17) is 4.74 Å². The average molecular weight is 293 g/mol. The first kappa shape index (κ1) is 16.2. The zero-order chi connectivity index (χ0) is 15.1. The fourth-order valence-electron chi connectivity index (χ4n) is 2.85. The van der Waals surface area contributed by atoms with Gasteiger partial charge in [0, 0.05) is 33.4 Å². The Morgan fingerprint density at radius 3 is 2.86 bits per heavy atom. The number of aromatic nitrogens is 1. The lowest BCUT2D eigenvalue weighted by atomic mass is 9.91. The maximum absolute atomic E-state index is 10.1. The van der Waals surface area contributed by atoms with E-state index in [1.807, 2.05) is 19.3 Å². The summed E-state index contributed by atoms with van der Waals surface area (Å²) in [6.45, 7) is 2.35. The van der Waals surface area contributed by atoms with Crippen molar-refractivity contribution in [1.82, 2.24) is 10.3 Å². The molecule has 0 aliphatic heterocycles. The standard InChI is InChI=1S/C16H27N3O2/c1-19(14-5-3-4-6-15(14)20)16-8-7-13(12-18-16)11-17-9-10-21-2/h7-8,12,14-15,17,20H,3-6,9-11H2,1-2H3. The number of pyridine rings is 1. The van der Waals surface area contributed by atoms with Crippen LogP contribution in [0.4, 0.5) is 5.82 Å². The molecule has 1 saturated carbocycles. The highest BCUT2D eigenvalue weighted by Gasteiger charge is 2.27. The van der Waals surface area contributed by atoms with Crippen LogP contribution in [-0.4, -0.2) is 49.5 Å². The summed E-state index contributed by atoms with van der Waals surface area (Å²) in [6, 6.07) is 4.32. The van der Waals surface area contributed by atoms with Crippen LogP contribution in [0.1, 0.15) is 31.2 Å². The Balaban J connectivity index is 1.88. The van der Waals surface area contributed by atoms with E-state index in [-0.39, 0.29) is 12.1 Å². The van der Waals surface area contributed by atoms with Crippen molar-refractivity contribution in [3.8, 4) is 0 Å². The van der Waals surface area contributed by atoms with E-state index in [1.54, 1.807) is 7.11 Å². The van der Waals surface area contributed by atoms with E-state index >= 15 is 0 Å². The SMILES string of the molecule is COCCNCc1ccc(N(C)C2CCCCC2O)nc1. The van der Waals surface area contributed by atoms with Gasteiger partial charge < -0.3 is 20.1 Å². The zero-order valence-electron chi connectivity index (χ0n) is 13.1. The van der Waals surface area contributed by atoms with Gasteiger partial charge in [0.25, 0.3) is 0 Å². The third-order valence-electron chi connectivity index (χ3n) is 4.17. The Morgan fingerprint density at radius 2 is 2.19 bits per heavy atom. The van der Waals surface area contributed by atoms with Crippen LogP contribution in [0, 0.1) is 0 Å². The lowest BCUT2D eigenvalue weighted by Gasteiger charge is -2.35. The van der Waals surface area contributed by atoms with Gasteiger partial charge in [0.15, 0.2) is 0 Å². The molecule has 1 fully saturated rings. The maximum Gasteiger partial charge on any atom is 0.128 e.